The fraction of sp³-hybridized carbons (Fsp3) is 0.200. The standard InChI is InChI=1S/C15H15FN2O2/c1-2-13(11-7-9-12(16)10-8-11)17-14-5-3-4-6-15(14)18(19)20/h3-10,13,17H,2H2,1H3. The summed E-state index contributed by atoms with van der Waals surface area (Å²) in [4.78, 5) is 10.6. The van der Waals surface area contributed by atoms with Crippen LogP contribution in [-0.2, 0) is 0 Å². The van der Waals surface area contributed by atoms with E-state index in [9.17, 15) is 14.5 Å². The van der Waals surface area contributed by atoms with E-state index in [1.54, 1.807) is 30.3 Å². The van der Waals surface area contributed by atoms with Crippen molar-refractivity contribution in [2.45, 2.75) is 19.4 Å². The highest BCUT2D eigenvalue weighted by Crippen LogP contribution is 2.29. The second kappa shape index (κ2) is 6.14. The Morgan fingerprint density at radius 2 is 1.85 bits per heavy atom. The van der Waals surface area contributed by atoms with E-state index in [4.69, 9.17) is 0 Å². The highest BCUT2D eigenvalue weighted by molar-refractivity contribution is 5.62. The van der Waals surface area contributed by atoms with Crippen LogP contribution in [0.15, 0.2) is 48.5 Å². The van der Waals surface area contributed by atoms with Crippen molar-refractivity contribution in [3.8, 4) is 0 Å². The number of rotatable bonds is 5. The average Bonchev–Trinajstić information content (AvgIpc) is 2.46. The van der Waals surface area contributed by atoms with Gasteiger partial charge in [-0.25, -0.2) is 4.39 Å². The van der Waals surface area contributed by atoms with Gasteiger partial charge in [0, 0.05) is 6.07 Å². The Balaban J connectivity index is 2.27. The number of nitro groups is 1. The lowest BCUT2D eigenvalue weighted by atomic mass is 10.0. The van der Waals surface area contributed by atoms with Crippen molar-refractivity contribution in [1.29, 1.82) is 0 Å². The Morgan fingerprint density at radius 1 is 1.20 bits per heavy atom. The highest BCUT2D eigenvalue weighted by atomic mass is 19.1. The Hall–Kier alpha value is -2.43. The third kappa shape index (κ3) is 3.12. The molecule has 0 heterocycles. The molecule has 0 aliphatic heterocycles. The van der Waals surface area contributed by atoms with Crippen molar-refractivity contribution in [2.75, 3.05) is 5.32 Å². The topological polar surface area (TPSA) is 55.2 Å². The number of hydrogen-bond acceptors (Lipinski definition) is 3. The number of halogens is 1. The van der Waals surface area contributed by atoms with Gasteiger partial charge in [0.15, 0.2) is 0 Å². The molecule has 2 aromatic carbocycles. The zero-order chi connectivity index (χ0) is 14.5. The number of para-hydroxylation sites is 2. The molecule has 4 nitrogen and oxygen atoms in total. The van der Waals surface area contributed by atoms with Crippen molar-refractivity contribution in [1.82, 2.24) is 0 Å². The molecule has 1 unspecified atom stereocenters. The Labute approximate surface area is 116 Å². The van der Waals surface area contributed by atoms with E-state index < -0.39 is 4.92 Å². The maximum Gasteiger partial charge on any atom is 0.292 e. The van der Waals surface area contributed by atoms with E-state index >= 15 is 0 Å². The first-order valence-corrected chi connectivity index (χ1v) is 6.37. The van der Waals surface area contributed by atoms with Gasteiger partial charge in [0.2, 0.25) is 0 Å². The summed E-state index contributed by atoms with van der Waals surface area (Å²) >= 11 is 0. The van der Waals surface area contributed by atoms with E-state index in [-0.39, 0.29) is 17.5 Å². The van der Waals surface area contributed by atoms with Gasteiger partial charge in [-0.2, -0.15) is 0 Å². The summed E-state index contributed by atoms with van der Waals surface area (Å²) in [6.45, 7) is 1.97. The Bertz CT molecular complexity index is 599. The smallest absolute Gasteiger partial charge is 0.292 e. The molecule has 20 heavy (non-hydrogen) atoms. The summed E-state index contributed by atoms with van der Waals surface area (Å²) in [5.41, 5.74) is 1.40. The van der Waals surface area contributed by atoms with Crippen LogP contribution in [0.3, 0.4) is 0 Å². The normalized spacial score (nSPS) is 11.9. The van der Waals surface area contributed by atoms with Gasteiger partial charge in [-0.3, -0.25) is 10.1 Å². The van der Waals surface area contributed by atoms with Gasteiger partial charge in [-0.05, 0) is 30.2 Å². The van der Waals surface area contributed by atoms with E-state index in [0.717, 1.165) is 12.0 Å². The molecule has 0 aromatic heterocycles. The number of benzene rings is 2. The zero-order valence-electron chi connectivity index (χ0n) is 11.0. The molecule has 0 amide bonds. The largest absolute Gasteiger partial charge is 0.373 e. The predicted octanol–water partition coefficient (Wildman–Crippen LogP) is 4.30. The number of nitrogens with zero attached hydrogens (tertiary/aromatic N) is 1. The molecule has 0 bridgehead atoms. The quantitative estimate of drug-likeness (QED) is 0.653. The van der Waals surface area contributed by atoms with Gasteiger partial charge in [0.05, 0.1) is 11.0 Å². The first-order chi connectivity index (χ1) is 9.61. The van der Waals surface area contributed by atoms with Crippen molar-refractivity contribution in [2.24, 2.45) is 0 Å². The molecule has 0 saturated carbocycles. The number of nitro benzene ring substituents is 1. The molecule has 0 saturated heterocycles. The minimum absolute atomic E-state index is 0.0352. The lowest BCUT2D eigenvalue weighted by Gasteiger charge is -2.18. The molecule has 1 atom stereocenters. The number of nitrogens with one attached hydrogen (secondary N) is 1. The first-order valence-electron chi connectivity index (χ1n) is 6.37. The summed E-state index contributed by atoms with van der Waals surface area (Å²) in [5, 5.41) is 14.1. The third-order valence-corrected chi connectivity index (χ3v) is 3.11. The van der Waals surface area contributed by atoms with Crippen LogP contribution in [-0.4, -0.2) is 4.92 Å². The van der Waals surface area contributed by atoms with Gasteiger partial charge in [-0.15, -0.1) is 0 Å². The fourth-order valence-electron chi connectivity index (χ4n) is 2.06. The second-order valence-corrected chi connectivity index (χ2v) is 4.43. The third-order valence-electron chi connectivity index (χ3n) is 3.11. The zero-order valence-corrected chi connectivity index (χ0v) is 11.0. The monoisotopic (exact) mass is 274 g/mol. The maximum atomic E-state index is 12.9. The lowest BCUT2D eigenvalue weighted by Crippen LogP contribution is -2.11. The molecular formula is C15H15FN2O2. The molecule has 0 aliphatic carbocycles. The van der Waals surface area contributed by atoms with Crippen LogP contribution in [0.5, 0.6) is 0 Å². The molecule has 2 rings (SSSR count). The van der Waals surface area contributed by atoms with Crippen LogP contribution in [0.2, 0.25) is 0 Å². The van der Waals surface area contributed by atoms with E-state index in [1.807, 2.05) is 6.92 Å². The molecular weight excluding hydrogens is 259 g/mol. The minimum Gasteiger partial charge on any atom is -0.373 e. The summed E-state index contributed by atoms with van der Waals surface area (Å²) in [5.74, 6) is -0.297. The molecule has 0 spiro atoms. The van der Waals surface area contributed by atoms with E-state index in [2.05, 4.69) is 5.32 Å². The van der Waals surface area contributed by atoms with Crippen LogP contribution in [0.1, 0.15) is 24.9 Å². The van der Waals surface area contributed by atoms with Crippen LogP contribution >= 0.6 is 0 Å². The predicted molar refractivity (Wildman–Crippen MR) is 76.2 cm³/mol. The summed E-state index contributed by atoms with van der Waals surface area (Å²) in [6, 6.07) is 12.5. The molecule has 0 radical (unpaired) electrons. The molecule has 2 aromatic rings. The van der Waals surface area contributed by atoms with Gasteiger partial charge >= 0.3 is 0 Å². The van der Waals surface area contributed by atoms with Crippen molar-refractivity contribution >= 4 is 11.4 Å². The maximum absolute atomic E-state index is 12.9. The summed E-state index contributed by atoms with van der Waals surface area (Å²) < 4.78 is 12.9. The summed E-state index contributed by atoms with van der Waals surface area (Å²) in [7, 11) is 0. The van der Waals surface area contributed by atoms with Gasteiger partial charge in [0.25, 0.3) is 5.69 Å². The van der Waals surface area contributed by atoms with E-state index in [1.165, 1.54) is 18.2 Å². The number of hydrogen-bond donors (Lipinski definition) is 1. The lowest BCUT2D eigenvalue weighted by molar-refractivity contribution is -0.384. The molecule has 5 heteroatoms. The second-order valence-electron chi connectivity index (χ2n) is 4.43. The van der Waals surface area contributed by atoms with Crippen LogP contribution < -0.4 is 5.32 Å². The fourth-order valence-corrected chi connectivity index (χ4v) is 2.06. The average molecular weight is 274 g/mol. The van der Waals surface area contributed by atoms with Gasteiger partial charge < -0.3 is 5.32 Å². The Kier molecular flexibility index (Phi) is 4.30. The minimum atomic E-state index is -0.417. The van der Waals surface area contributed by atoms with Crippen molar-refractivity contribution in [3.05, 3.63) is 70.0 Å². The number of anilines is 1. The molecule has 104 valence electrons. The van der Waals surface area contributed by atoms with Crippen molar-refractivity contribution < 1.29 is 9.31 Å². The van der Waals surface area contributed by atoms with Gasteiger partial charge in [-0.1, -0.05) is 31.2 Å². The molecule has 0 fully saturated rings. The highest BCUT2D eigenvalue weighted by Gasteiger charge is 2.16. The Morgan fingerprint density at radius 3 is 2.45 bits per heavy atom. The first kappa shape index (κ1) is 14.0. The van der Waals surface area contributed by atoms with Crippen molar-refractivity contribution in [3.63, 3.8) is 0 Å². The SMILES string of the molecule is CCC(Nc1ccccc1[N+](=O)[O-])c1ccc(F)cc1. The molecule has 0 aliphatic rings. The summed E-state index contributed by atoms with van der Waals surface area (Å²) in [6.07, 6.45) is 0.734. The molecule has 1 N–H and O–H groups in total. The van der Waals surface area contributed by atoms with Crippen LogP contribution in [0, 0.1) is 15.9 Å². The van der Waals surface area contributed by atoms with E-state index in [0.29, 0.717) is 5.69 Å². The van der Waals surface area contributed by atoms with Crippen LogP contribution in [0.4, 0.5) is 15.8 Å². The van der Waals surface area contributed by atoms with Gasteiger partial charge in [0.1, 0.15) is 11.5 Å². The van der Waals surface area contributed by atoms with Crippen LogP contribution in [0.25, 0.3) is 0 Å².